The van der Waals surface area contributed by atoms with Crippen LogP contribution in [0, 0.1) is 5.92 Å². The molecule has 114 valence electrons. The van der Waals surface area contributed by atoms with Crippen LogP contribution in [0.15, 0.2) is 30.3 Å². The molecule has 2 heterocycles. The van der Waals surface area contributed by atoms with Crippen LogP contribution in [0.4, 0.5) is 0 Å². The van der Waals surface area contributed by atoms with E-state index in [4.69, 9.17) is 4.74 Å². The van der Waals surface area contributed by atoms with E-state index in [0.717, 1.165) is 25.9 Å². The SMILES string of the molecule is CC1CN(C(=O)C2CCNCC2)C(c2ccccc2)CO1. The van der Waals surface area contributed by atoms with Crippen LogP contribution in [-0.2, 0) is 9.53 Å². The van der Waals surface area contributed by atoms with Gasteiger partial charge in [-0.15, -0.1) is 0 Å². The highest BCUT2D eigenvalue weighted by molar-refractivity contribution is 5.79. The van der Waals surface area contributed by atoms with E-state index >= 15 is 0 Å². The molecule has 4 nitrogen and oxygen atoms in total. The van der Waals surface area contributed by atoms with E-state index < -0.39 is 0 Å². The molecule has 2 unspecified atom stereocenters. The fraction of sp³-hybridized carbons (Fsp3) is 0.588. The highest BCUT2D eigenvalue weighted by Gasteiger charge is 2.35. The minimum Gasteiger partial charge on any atom is -0.374 e. The van der Waals surface area contributed by atoms with Gasteiger partial charge in [0.2, 0.25) is 5.91 Å². The molecular formula is C17H24N2O2. The maximum Gasteiger partial charge on any atom is 0.226 e. The predicted octanol–water partition coefficient (Wildman–Crippen LogP) is 1.97. The van der Waals surface area contributed by atoms with Crippen LogP contribution in [0.25, 0.3) is 0 Å². The zero-order valence-corrected chi connectivity index (χ0v) is 12.6. The number of morpholine rings is 1. The number of nitrogens with one attached hydrogen (secondary N) is 1. The van der Waals surface area contributed by atoms with Crippen molar-refractivity contribution < 1.29 is 9.53 Å². The zero-order chi connectivity index (χ0) is 14.7. The molecule has 21 heavy (non-hydrogen) atoms. The molecule has 2 atom stereocenters. The number of amides is 1. The summed E-state index contributed by atoms with van der Waals surface area (Å²) in [5.74, 6) is 0.475. The molecule has 0 radical (unpaired) electrons. The largest absolute Gasteiger partial charge is 0.374 e. The molecule has 4 heteroatoms. The third-order valence-electron chi connectivity index (χ3n) is 4.52. The van der Waals surface area contributed by atoms with Gasteiger partial charge in [0.25, 0.3) is 0 Å². The van der Waals surface area contributed by atoms with Crippen molar-refractivity contribution in [2.24, 2.45) is 5.92 Å². The Morgan fingerprint density at radius 3 is 2.67 bits per heavy atom. The van der Waals surface area contributed by atoms with E-state index in [0.29, 0.717) is 19.1 Å². The Bertz CT molecular complexity index is 471. The van der Waals surface area contributed by atoms with Crippen LogP contribution in [0.2, 0.25) is 0 Å². The third-order valence-corrected chi connectivity index (χ3v) is 4.52. The lowest BCUT2D eigenvalue weighted by molar-refractivity contribution is -0.149. The topological polar surface area (TPSA) is 41.6 Å². The van der Waals surface area contributed by atoms with Gasteiger partial charge in [-0.2, -0.15) is 0 Å². The summed E-state index contributed by atoms with van der Waals surface area (Å²) >= 11 is 0. The summed E-state index contributed by atoms with van der Waals surface area (Å²) < 4.78 is 5.81. The minimum absolute atomic E-state index is 0.0600. The molecule has 0 saturated carbocycles. The molecular weight excluding hydrogens is 264 g/mol. The molecule has 0 spiro atoms. The predicted molar refractivity (Wildman–Crippen MR) is 81.9 cm³/mol. The van der Waals surface area contributed by atoms with Crippen molar-refractivity contribution in [1.29, 1.82) is 0 Å². The van der Waals surface area contributed by atoms with E-state index in [1.807, 2.05) is 25.1 Å². The monoisotopic (exact) mass is 288 g/mol. The Hall–Kier alpha value is -1.39. The first-order valence-electron chi connectivity index (χ1n) is 7.93. The first kappa shape index (κ1) is 14.5. The van der Waals surface area contributed by atoms with E-state index in [1.165, 1.54) is 5.56 Å². The summed E-state index contributed by atoms with van der Waals surface area (Å²) in [7, 11) is 0. The Morgan fingerprint density at radius 2 is 1.95 bits per heavy atom. The number of ether oxygens (including phenoxy) is 1. The fourth-order valence-electron chi connectivity index (χ4n) is 3.30. The van der Waals surface area contributed by atoms with Gasteiger partial charge in [0, 0.05) is 12.5 Å². The summed E-state index contributed by atoms with van der Waals surface area (Å²) in [6, 6.07) is 10.3. The standard InChI is InChI=1S/C17H24N2O2/c1-13-11-19(17(20)15-7-9-18-10-8-15)16(12-21-13)14-5-3-2-4-6-14/h2-6,13,15-16,18H,7-12H2,1H3. The number of piperidine rings is 1. The van der Waals surface area contributed by atoms with Crippen LogP contribution >= 0.6 is 0 Å². The van der Waals surface area contributed by atoms with E-state index in [-0.39, 0.29) is 18.1 Å². The molecule has 2 saturated heterocycles. The molecule has 0 aliphatic carbocycles. The Morgan fingerprint density at radius 1 is 1.24 bits per heavy atom. The molecule has 2 aliphatic rings. The molecule has 3 rings (SSSR count). The van der Waals surface area contributed by atoms with Gasteiger partial charge >= 0.3 is 0 Å². The van der Waals surface area contributed by atoms with Gasteiger partial charge in [-0.25, -0.2) is 0 Å². The van der Waals surface area contributed by atoms with Gasteiger partial charge in [-0.1, -0.05) is 30.3 Å². The maximum absolute atomic E-state index is 12.9. The quantitative estimate of drug-likeness (QED) is 0.904. The highest BCUT2D eigenvalue weighted by atomic mass is 16.5. The number of carbonyl (C=O) groups is 1. The smallest absolute Gasteiger partial charge is 0.226 e. The Balaban J connectivity index is 1.79. The van der Waals surface area contributed by atoms with Crippen molar-refractivity contribution in [1.82, 2.24) is 10.2 Å². The van der Waals surface area contributed by atoms with Gasteiger partial charge in [-0.3, -0.25) is 4.79 Å². The first-order chi connectivity index (χ1) is 10.3. The second kappa shape index (κ2) is 6.58. The fourth-order valence-corrected chi connectivity index (χ4v) is 3.30. The summed E-state index contributed by atoms with van der Waals surface area (Å²) in [6.45, 7) is 5.24. The van der Waals surface area contributed by atoms with Gasteiger partial charge in [0.15, 0.2) is 0 Å². The zero-order valence-electron chi connectivity index (χ0n) is 12.6. The van der Waals surface area contributed by atoms with Crippen molar-refractivity contribution >= 4 is 5.91 Å². The van der Waals surface area contributed by atoms with E-state index in [2.05, 4.69) is 22.3 Å². The molecule has 1 aromatic rings. The van der Waals surface area contributed by atoms with Crippen molar-refractivity contribution in [2.45, 2.75) is 31.9 Å². The molecule has 2 fully saturated rings. The Labute approximate surface area is 126 Å². The second-order valence-corrected chi connectivity index (χ2v) is 6.09. The highest BCUT2D eigenvalue weighted by Crippen LogP contribution is 2.29. The lowest BCUT2D eigenvalue weighted by Crippen LogP contribution is -2.50. The average molecular weight is 288 g/mol. The summed E-state index contributed by atoms with van der Waals surface area (Å²) in [5.41, 5.74) is 1.17. The number of benzene rings is 1. The van der Waals surface area contributed by atoms with Crippen LogP contribution in [0.5, 0.6) is 0 Å². The van der Waals surface area contributed by atoms with Crippen molar-refractivity contribution in [3.05, 3.63) is 35.9 Å². The molecule has 0 aromatic heterocycles. The lowest BCUT2D eigenvalue weighted by Gasteiger charge is -2.41. The van der Waals surface area contributed by atoms with Crippen molar-refractivity contribution in [3.63, 3.8) is 0 Å². The number of carbonyl (C=O) groups excluding carboxylic acids is 1. The molecule has 2 aliphatic heterocycles. The lowest BCUT2D eigenvalue weighted by atomic mass is 9.94. The van der Waals surface area contributed by atoms with Crippen molar-refractivity contribution in [2.75, 3.05) is 26.2 Å². The molecule has 0 bridgehead atoms. The number of rotatable bonds is 2. The molecule has 1 amide bonds. The minimum atomic E-state index is 0.0600. The average Bonchev–Trinajstić information content (AvgIpc) is 2.56. The van der Waals surface area contributed by atoms with Gasteiger partial charge in [0.1, 0.15) is 0 Å². The van der Waals surface area contributed by atoms with E-state index in [1.54, 1.807) is 0 Å². The van der Waals surface area contributed by atoms with Gasteiger partial charge < -0.3 is 15.0 Å². The van der Waals surface area contributed by atoms with Crippen LogP contribution < -0.4 is 5.32 Å². The number of nitrogens with zero attached hydrogens (tertiary/aromatic N) is 1. The number of hydrogen-bond acceptors (Lipinski definition) is 3. The summed E-state index contributed by atoms with van der Waals surface area (Å²) in [6.07, 6.45) is 2.02. The van der Waals surface area contributed by atoms with E-state index in [9.17, 15) is 4.79 Å². The molecule has 1 N–H and O–H groups in total. The van der Waals surface area contributed by atoms with Crippen LogP contribution in [0.3, 0.4) is 0 Å². The van der Waals surface area contributed by atoms with Gasteiger partial charge in [0.05, 0.1) is 18.8 Å². The van der Waals surface area contributed by atoms with Crippen molar-refractivity contribution in [3.8, 4) is 0 Å². The van der Waals surface area contributed by atoms with Crippen LogP contribution in [-0.4, -0.2) is 43.2 Å². The number of hydrogen-bond donors (Lipinski definition) is 1. The molecule has 1 aromatic carbocycles. The summed E-state index contributed by atoms with van der Waals surface area (Å²) in [5, 5.41) is 3.33. The Kier molecular flexibility index (Phi) is 4.56. The first-order valence-corrected chi connectivity index (χ1v) is 7.93. The normalized spacial score (nSPS) is 27.6. The third kappa shape index (κ3) is 3.27. The van der Waals surface area contributed by atoms with Gasteiger partial charge in [-0.05, 0) is 38.4 Å². The second-order valence-electron chi connectivity index (χ2n) is 6.09. The van der Waals surface area contributed by atoms with Crippen LogP contribution in [0.1, 0.15) is 31.4 Å². The summed E-state index contributed by atoms with van der Waals surface area (Å²) in [4.78, 5) is 15.0. The maximum atomic E-state index is 12.9.